The molecule has 6 nitrogen and oxygen atoms in total. The predicted molar refractivity (Wildman–Crippen MR) is 108 cm³/mol. The van der Waals surface area contributed by atoms with Crippen molar-refractivity contribution in [1.29, 1.82) is 0 Å². The molecule has 144 valence electrons. The number of ether oxygens (including phenoxy) is 1. The van der Waals surface area contributed by atoms with E-state index < -0.39 is 0 Å². The monoisotopic (exact) mass is 377 g/mol. The molecule has 1 aliphatic heterocycles. The number of hydrogen-bond donors (Lipinski definition) is 2. The van der Waals surface area contributed by atoms with Gasteiger partial charge in [0.1, 0.15) is 13.1 Å². The Bertz CT molecular complexity index is 940. The molecular weight excluding hydrogens is 352 g/mol. The molecule has 6 heteroatoms. The molecule has 2 aromatic heterocycles. The molecule has 3 aromatic rings. The summed E-state index contributed by atoms with van der Waals surface area (Å²) in [6.07, 6.45) is 2.69. The Morgan fingerprint density at radius 2 is 1.89 bits per heavy atom. The summed E-state index contributed by atoms with van der Waals surface area (Å²) in [7, 11) is 0. The zero-order valence-corrected chi connectivity index (χ0v) is 15.9. The summed E-state index contributed by atoms with van der Waals surface area (Å²) < 4.78 is 5.39. The lowest BCUT2D eigenvalue weighted by molar-refractivity contribution is -0.908. The van der Waals surface area contributed by atoms with Crippen molar-refractivity contribution in [2.24, 2.45) is 0 Å². The fourth-order valence-corrected chi connectivity index (χ4v) is 3.55. The van der Waals surface area contributed by atoms with Gasteiger partial charge in [0.05, 0.1) is 42.2 Å². The van der Waals surface area contributed by atoms with Crippen LogP contribution in [0, 0.1) is 0 Å². The summed E-state index contributed by atoms with van der Waals surface area (Å²) in [5.41, 5.74) is 2.92. The van der Waals surface area contributed by atoms with Crippen LogP contribution in [0.3, 0.4) is 0 Å². The number of amides is 1. The van der Waals surface area contributed by atoms with Gasteiger partial charge in [-0.3, -0.25) is 9.78 Å². The van der Waals surface area contributed by atoms with Gasteiger partial charge in [-0.15, -0.1) is 0 Å². The molecule has 0 atom stereocenters. The topological polar surface area (TPSA) is 68.5 Å². The van der Waals surface area contributed by atoms with Gasteiger partial charge >= 0.3 is 0 Å². The van der Waals surface area contributed by atoms with Crippen LogP contribution in [0.2, 0.25) is 0 Å². The van der Waals surface area contributed by atoms with E-state index in [4.69, 9.17) is 4.74 Å². The van der Waals surface area contributed by atoms with Gasteiger partial charge in [0.2, 0.25) is 0 Å². The van der Waals surface area contributed by atoms with Crippen LogP contribution in [0.5, 0.6) is 0 Å². The molecule has 0 bridgehead atoms. The van der Waals surface area contributed by atoms with Crippen LogP contribution in [0.1, 0.15) is 16.8 Å². The van der Waals surface area contributed by atoms with Crippen LogP contribution in [0.15, 0.2) is 54.7 Å². The molecular formula is C22H25N4O2+. The van der Waals surface area contributed by atoms with Gasteiger partial charge in [0.15, 0.2) is 0 Å². The van der Waals surface area contributed by atoms with E-state index in [1.165, 1.54) is 0 Å². The summed E-state index contributed by atoms with van der Waals surface area (Å²) in [6, 6.07) is 15.3. The molecule has 0 spiro atoms. The number of quaternary nitrogens is 1. The molecule has 0 aliphatic carbocycles. The fraction of sp³-hybridized carbons (Fsp3) is 0.318. The lowest BCUT2D eigenvalue weighted by Gasteiger charge is -2.23. The van der Waals surface area contributed by atoms with E-state index in [1.54, 1.807) is 11.1 Å². The SMILES string of the molecule is O=C(NCCC[NH+]1CCOCC1)c1cc(-c2ccccn2)nc2ccccc12. The number of morpholine rings is 1. The minimum Gasteiger partial charge on any atom is -0.370 e. The molecule has 2 N–H and O–H groups in total. The Hall–Kier alpha value is -2.83. The second-order valence-electron chi connectivity index (χ2n) is 7.01. The van der Waals surface area contributed by atoms with E-state index >= 15 is 0 Å². The maximum absolute atomic E-state index is 12.9. The van der Waals surface area contributed by atoms with E-state index in [-0.39, 0.29) is 5.91 Å². The average molecular weight is 377 g/mol. The van der Waals surface area contributed by atoms with E-state index in [0.717, 1.165) is 55.9 Å². The van der Waals surface area contributed by atoms with Crippen LogP contribution < -0.4 is 10.2 Å². The normalized spacial score (nSPS) is 14.9. The number of hydrogen-bond acceptors (Lipinski definition) is 4. The van der Waals surface area contributed by atoms with Gasteiger partial charge in [-0.05, 0) is 24.3 Å². The van der Waals surface area contributed by atoms with Gasteiger partial charge in [-0.25, -0.2) is 4.98 Å². The molecule has 28 heavy (non-hydrogen) atoms. The molecule has 1 saturated heterocycles. The highest BCUT2D eigenvalue weighted by Gasteiger charge is 2.15. The smallest absolute Gasteiger partial charge is 0.252 e. The quantitative estimate of drug-likeness (QED) is 0.636. The summed E-state index contributed by atoms with van der Waals surface area (Å²) in [6.45, 7) is 5.49. The van der Waals surface area contributed by atoms with Crippen LogP contribution in [-0.2, 0) is 4.74 Å². The maximum Gasteiger partial charge on any atom is 0.252 e. The third-order valence-corrected chi connectivity index (χ3v) is 5.08. The number of rotatable bonds is 6. The molecule has 1 fully saturated rings. The van der Waals surface area contributed by atoms with Crippen molar-refractivity contribution in [3.63, 3.8) is 0 Å². The number of aromatic nitrogens is 2. The third kappa shape index (κ3) is 4.35. The molecule has 0 saturated carbocycles. The Kier molecular flexibility index (Phi) is 5.89. The Morgan fingerprint density at radius 1 is 1.07 bits per heavy atom. The Labute approximate surface area is 164 Å². The largest absolute Gasteiger partial charge is 0.370 e. The van der Waals surface area contributed by atoms with Gasteiger partial charge < -0.3 is 15.0 Å². The first kappa shape index (κ1) is 18.5. The van der Waals surface area contributed by atoms with E-state index in [1.807, 2.05) is 48.5 Å². The maximum atomic E-state index is 12.9. The van der Waals surface area contributed by atoms with Crippen molar-refractivity contribution in [3.8, 4) is 11.4 Å². The summed E-state index contributed by atoms with van der Waals surface area (Å²) in [4.78, 5) is 23.5. The minimum absolute atomic E-state index is 0.0623. The lowest BCUT2D eigenvalue weighted by atomic mass is 10.1. The third-order valence-electron chi connectivity index (χ3n) is 5.08. The molecule has 1 aliphatic rings. The van der Waals surface area contributed by atoms with Crippen molar-refractivity contribution in [3.05, 3.63) is 60.3 Å². The molecule has 0 unspecified atom stereocenters. The minimum atomic E-state index is -0.0623. The number of carbonyl (C=O) groups excluding carboxylic acids is 1. The fourth-order valence-electron chi connectivity index (χ4n) is 3.55. The first-order chi connectivity index (χ1) is 13.8. The number of carbonyl (C=O) groups is 1. The summed E-state index contributed by atoms with van der Waals surface area (Å²) >= 11 is 0. The van der Waals surface area contributed by atoms with Crippen molar-refractivity contribution in [2.75, 3.05) is 39.4 Å². The van der Waals surface area contributed by atoms with Crippen molar-refractivity contribution < 1.29 is 14.4 Å². The van der Waals surface area contributed by atoms with Gasteiger partial charge in [-0.1, -0.05) is 24.3 Å². The number of pyridine rings is 2. The lowest BCUT2D eigenvalue weighted by Crippen LogP contribution is -3.14. The highest BCUT2D eigenvalue weighted by Crippen LogP contribution is 2.23. The highest BCUT2D eigenvalue weighted by molar-refractivity contribution is 6.07. The molecule has 4 rings (SSSR count). The van der Waals surface area contributed by atoms with Gasteiger partial charge in [0, 0.05) is 24.5 Å². The van der Waals surface area contributed by atoms with Crippen LogP contribution in [-0.4, -0.2) is 55.3 Å². The van der Waals surface area contributed by atoms with Crippen molar-refractivity contribution in [1.82, 2.24) is 15.3 Å². The van der Waals surface area contributed by atoms with Crippen LogP contribution in [0.4, 0.5) is 0 Å². The van der Waals surface area contributed by atoms with Crippen molar-refractivity contribution >= 4 is 16.8 Å². The van der Waals surface area contributed by atoms with Gasteiger partial charge in [-0.2, -0.15) is 0 Å². The van der Waals surface area contributed by atoms with E-state index in [2.05, 4.69) is 15.3 Å². The van der Waals surface area contributed by atoms with Crippen LogP contribution in [0.25, 0.3) is 22.3 Å². The number of nitrogens with one attached hydrogen (secondary N) is 2. The molecule has 3 heterocycles. The first-order valence-electron chi connectivity index (χ1n) is 9.82. The summed E-state index contributed by atoms with van der Waals surface area (Å²) in [5, 5.41) is 3.94. The van der Waals surface area contributed by atoms with E-state index in [9.17, 15) is 4.79 Å². The average Bonchev–Trinajstić information content (AvgIpc) is 2.77. The number of fused-ring (bicyclic) bond motifs is 1. The molecule has 1 amide bonds. The first-order valence-corrected chi connectivity index (χ1v) is 9.82. The van der Waals surface area contributed by atoms with E-state index in [0.29, 0.717) is 17.8 Å². The van der Waals surface area contributed by atoms with Crippen molar-refractivity contribution in [2.45, 2.75) is 6.42 Å². The predicted octanol–water partition coefficient (Wildman–Crippen LogP) is 1.33. The van der Waals surface area contributed by atoms with Crippen LogP contribution >= 0.6 is 0 Å². The van der Waals surface area contributed by atoms with Gasteiger partial charge in [0.25, 0.3) is 5.91 Å². The number of para-hydroxylation sites is 1. The second kappa shape index (κ2) is 8.91. The Balaban J connectivity index is 1.49. The number of benzene rings is 1. The highest BCUT2D eigenvalue weighted by atomic mass is 16.5. The molecule has 0 radical (unpaired) electrons. The zero-order chi connectivity index (χ0) is 19.2. The Morgan fingerprint density at radius 3 is 2.71 bits per heavy atom. The standard InChI is InChI=1S/C22H24N4O2/c27-22(24-10-5-11-26-12-14-28-15-13-26)18-16-21(20-8-3-4-9-23-20)25-19-7-2-1-6-17(18)19/h1-4,6-9,16H,5,10-15H2,(H,24,27)/p+1. The zero-order valence-electron chi connectivity index (χ0n) is 15.9. The second-order valence-corrected chi connectivity index (χ2v) is 7.01. The number of nitrogens with zero attached hydrogens (tertiary/aromatic N) is 2. The molecule has 1 aromatic carbocycles. The summed E-state index contributed by atoms with van der Waals surface area (Å²) in [5.74, 6) is -0.0623.